The summed E-state index contributed by atoms with van der Waals surface area (Å²) in [6.45, 7) is 0. The lowest BCUT2D eigenvalue weighted by atomic mass is 9.72. The fourth-order valence-corrected chi connectivity index (χ4v) is 2.24. The van der Waals surface area contributed by atoms with E-state index in [-0.39, 0.29) is 36.7 Å². The van der Waals surface area contributed by atoms with Crippen molar-refractivity contribution < 1.29 is 19.1 Å². The van der Waals surface area contributed by atoms with Crippen molar-refractivity contribution in [3.63, 3.8) is 0 Å². The zero-order valence-corrected chi connectivity index (χ0v) is 9.29. The van der Waals surface area contributed by atoms with Crippen LogP contribution in [0.15, 0.2) is 16.5 Å². The molecule has 1 heterocycles. The molecule has 0 amide bonds. The van der Waals surface area contributed by atoms with Gasteiger partial charge in [0.1, 0.15) is 17.0 Å². The lowest BCUT2D eigenvalue weighted by molar-refractivity contribution is -0.146. The van der Waals surface area contributed by atoms with Crippen LogP contribution in [0.4, 0.5) is 0 Å². The summed E-state index contributed by atoms with van der Waals surface area (Å²) in [5.41, 5.74) is -1.08. The van der Waals surface area contributed by atoms with Crippen LogP contribution in [-0.2, 0) is 15.0 Å². The Morgan fingerprint density at radius 1 is 1.38 bits per heavy atom. The third-order valence-electron chi connectivity index (χ3n) is 3.12. The average molecular weight is 243 g/mol. The highest BCUT2D eigenvalue weighted by Crippen LogP contribution is 2.40. The number of halogens is 1. The van der Waals surface area contributed by atoms with Crippen molar-refractivity contribution in [3.05, 3.63) is 23.1 Å². The van der Waals surface area contributed by atoms with E-state index in [0.717, 1.165) is 0 Å². The van der Waals surface area contributed by atoms with Crippen LogP contribution < -0.4 is 0 Å². The smallest absolute Gasteiger partial charge is 0.317 e. The molecule has 0 atom stereocenters. The van der Waals surface area contributed by atoms with Crippen LogP contribution >= 0.6 is 11.6 Å². The van der Waals surface area contributed by atoms with E-state index in [1.54, 1.807) is 6.07 Å². The van der Waals surface area contributed by atoms with Gasteiger partial charge in [-0.1, -0.05) is 0 Å². The molecule has 0 radical (unpaired) electrons. The fraction of sp³-hybridized carbons (Fsp3) is 0.455. The van der Waals surface area contributed by atoms with E-state index in [1.807, 2.05) is 0 Å². The summed E-state index contributed by atoms with van der Waals surface area (Å²) in [5.74, 6) is -0.502. The number of furan rings is 1. The van der Waals surface area contributed by atoms with Crippen LogP contribution in [0, 0.1) is 0 Å². The molecule has 2 rings (SSSR count). The lowest BCUT2D eigenvalue weighted by Crippen LogP contribution is -2.39. The zero-order valence-electron chi connectivity index (χ0n) is 8.53. The van der Waals surface area contributed by atoms with Crippen molar-refractivity contribution >= 4 is 23.4 Å². The Balaban J connectivity index is 2.36. The standard InChI is InChI=1S/C11H11ClO4/c12-9-2-1-8(16-9)11(10(14)15)5-3-7(13)4-6-11/h1-2H,3-6H2,(H,14,15). The van der Waals surface area contributed by atoms with Gasteiger partial charge in [0.25, 0.3) is 0 Å². The lowest BCUT2D eigenvalue weighted by Gasteiger charge is -2.30. The van der Waals surface area contributed by atoms with Gasteiger partial charge in [0, 0.05) is 12.8 Å². The van der Waals surface area contributed by atoms with E-state index in [2.05, 4.69) is 0 Å². The molecule has 0 saturated heterocycles. The molecular weight excluding hydrogens is 232 g/mol. The summed E-state index contributed by atoms with van der Waals surface area (Å²) >= 11 is 5.65. The first kappa shape index (κ1) is 11.2. The summed E-state index contributed by atoms with van der Waals surface area (Å²) in [6, 6.07) is 3.10. The van der Waals surface area contributed by atoms with Crippen LogP contribution in [-0.4, -0.2) is 16.9 Å². The van der Waals surface area contributed by atoms with Gasteiger partial charge in [0.2, 0.25) is 0 Å². The normalized spacial score (nSPS) is 19.7. The molecule has 0 aliphatic heterocycles. The van der Waals surface area contributed by atoms with E-state index in [9.17, 15) is 14.7 Å². The molecule has 0 unspecified atom stereocenters. The summed E-state index contributed by atoms with van der Waals surface area (Å²) in [5, 5.41) is 9.50. The SMILES string of the molecule is O=C1CCC(C(=O)O)(c2ccc(Cl)o2)CC1. The van der Waals surface area contributed by atoms with E-state index in [0.29, 0.717) is 5.76 Å². The zero-order chi connectivity index (χ0) is 11.8. The molecular formula is C11H11ClO4. The van der Waals surface area contributed by atoms with E-state index in [4.69, 9.17) is 16.0 Å². The Hall–Kier alpha value is -1.29. The second-order valence-electron chi connectivity index (χ2n) is 4.03. The monoisotopic (exact) mass is 242 g/mol. The molecule has 0 spiro atoms. The van der Waals surface area contributed by atoms with Gasteiger partial charge in [-0.3, -0.25) is 9.59 Å². The number of hydrogen-bond acceptors (Lipinski definition) is 3. The predicted octanol–water partition coefficient (Wildman–Crippen LogP) is 2.40. The number of carboxylic acid groups (broad SMARTS) is 1. The van der Waals surface area contributed by atoms with Crippen LogP contribution in [0.25, 0.3) is 0 Å². The second-order valence-corrected chi connectivity index (χ2v) is 4.40. The Labute approximate surface area is 97.2 Å². The van der Waals surface area contributed by atoms with E-state index < -0.39 is 11.4 Å². The molecule has 1 fully saturated rings. The summed E-state index contributed by atoms with van der Waals surface area (Å²) < 4.78 is 5.20. The molecule has 4 nitrogen and oxygen atoms in total. The summed E-state index contributed by atoms with van der Waals surface area (Å²) in [7, 11) is 0. The number of ketones is 1. The Kier molecular flexibility index (Phi) is 2.76. The van der Waals surface area contributed by atoms with E-state index in [1.165, 1.54) is 6.07 Å². The van der Waals surface area contributed by atoms with Crippen molar-refractivity contribution in [2.45, 2.75) is 31.1 Å². The van der Waals surface area contributed by atoms with Crippen LogP contribution in [0.1, 0.15) is 31.4 Å². The van der Waals surface area contributed by atoms with Gasteiger partial charge in [-0.15, -0.1) is 0 Å². The fourth-order valence-electron chi connectivity index (χ4n) is 2.09. The molecule has 1 aliphatic rings. The van der Waals surface area contributed by atoms with Crippen molar-refractivity contribution in [2.24, 2.45) is 0 Å². The highest BCUT2D eigenvalue weighted by Gasteiger charge is 2.45. The number of rotatable bonds is 2. The second kappa shape index (κ2) is 3.94. The molecule has 5 heteroatoms. The number of hydrogen-bond donors (Lipinski definition) is 1. The third-order valence-corrected chi connectivity index (χ3v) is 3.32. The van der Waals surface area contributed by atoms with Crippen molar-refractivity contribution in [1.29, 1.82) is 0 Å². The Bertz CT molecular complexity index is 425. The summed E-state index contributed by atoms with van der Waals surface area (Å²) in [6.07, 6.45) is 1.13. The van der Waals surface area contributed by atoms with Crippen molar-refractivity contribution in [2.75, 3.05) is 0 Å². The largest absolute Gasteiger partial charge is 0.480 e. The molecule has 1 saturated carbocycles. The summed E-state index contributed by atoms with van der Waals surface area (Å²) in [4.78, 5) is 22.5. The van der Waals surface area contributed by atoms with Gasteiger partial charge >= 0.3 is 5.97 Å². The van der Waals surface area contributed by atoms with Gasteiger partial charge in [0.05, 0.1) is 0 Å². The molecule has 86 valence electrons. The van der Waals surface area contributed by atoms with Gasteiger partial charge in [-0.25, -0.2) is 0 Å². The molecule has 1 aromatic heterocycles. The molecule has 0 aromatic carbocycles. The molecule has 16 heavy (non-hydrogen) atoms. The molecule has 1 aliphatic carbocycles. The Morgan fingerprint density at radius 3 is 2.44 bits per heavy atom. The average Bonchev–Trinajstić information content (AvgIpc) is 2.66. The Morgan fingerprint density at radius 2 is 2.00 bits per heavy atom. The maximum absolute atomic E-state index is 11.4. The maximum atomic E-state index is 11.4. The molecule has 1 aromatic rings. The number of aliphatic carboxylic acids is 1. The number of carbonyl (C=O) groups is 2. The molecule has 1 N–H and O–H groups in total. The topological polar surface area (TPSA) is 67.5 Å². The number of carboxylic acids is 1. The highest BCUT2D eigenvalue weighted by atomic mass is 35.5. The van der Waals surface area contributed by atoms with Crippen LogP contribution in [0.2, 0.25) is 5.22 Å². The quantitative estimate of drug-likeness (QED) is 0.865. The van der Waals surface area contributed by atoms with Gasteiger partial charge in [-0.05, 0) is 36.6 Å². The number of Topliss-reactive ketones (excluding diaryl/α,β-unsaturated/α-hetero) is 1. The minimum atomic E-state index is -1.08. The van der Waals surface area contributed by atoms with E-state index >= 15 is 0 Å². The first-order chi connectivity index (χ1) is 7.54. The van der Waals surface area contributed by atoms with Gasteiger partial charge in [-0.2, -0.15) is 0 Å². The third kappa shape index (κ3) is 1.73. The van der Waals surface area contributed by atoms with Crippen molar-refractivity contribution in [1.82, 2.24) is 0 Å². The molecule has 0 bridgehead atoms. The van der Waals surface area contributed by atoms with Crippen LogP contribution in [0.3, 0.4) is 0 Å². The maximum Gasteiger partial charge on any atom is 0.317 e. The highest BCUT2D eigenvalue weighted by molar-refractivity contribution is 6.28. The van der Waals surface area contributed by atoms with Crippen LogP contribution in [0.5, 0.6) is 0 Å². The minimum Gasteiger partial charge on any atom is -0.480 e. The predicted molar refractivity (Wildman–Crippen MR) is 56.5 cm³/mol. The first-order valence-corrected chi connectivity index (χ1v) is 5.43. The number of carbonyl (C=O) groups excluding carboxylic acids is 1. The van der Waals surface area contributed by atoms with Gasteiger partial charge in [0.15, 0.2) is 5.22 Å². The van der Waals surface area contributed by atoms with Gasteiger partial charge < -0.3 is 9.52 Å². The first-order valence-electron chi connectivity index (χ1n) is 5.05. The van der Waals surface area contributed by atoms with Crippen molar-refractivity contribution in [3.8, 4) is 0 Å². The minimum absolute atomic E-state index is 0.106.